The van der Waals surface area contributed by atoms with Crippen LogP contribution in [0.5, 0.6) is 0 Å². The molecule has 0 aromatic rings. The molecule has 0 aromatic carbocycles. The Morgan fingerprint density at radius 1 is 1.18 bits per heavy atom. The number of carbonyl (C=O) groups is 1. The summed E-state index contributed by atoms with van der Waals surface area (Å²) in [4.78, 5) is 11.3. The average molecular weight is 150 g/mol. The molecule has 0 spiro atoms. The van der Waals surface area contributed by atoms with Crippen molar-refractivity contribution < 1.29 is 9.53 Å². The van der Waals surface area contributed by atoms with Gasteiger partial charge in [-0.2, -0.15) is 0 Å². The van der Waals surface area contributed by atoms with Gasteiger partial charge in [-0.3, -0.25) is 0 Å². The van der Waals surface area contributed by atoms with Crippen molar-refractivity contribution in [3.8, 4) is 0 Å². The summed E-state index contributed by atoms with van der Waals surface area (Å²) in [6, 6.07) is 0. The fraction of sp³-hybridized carbons (Fsp3) is 0.875. The van der Waals surface area contributed by atoms with Gasteiger partial charge in [0.15, 0.2) is 0 Å². The van der Waals surface area contributed by atoms with Crippen LogP contribution in [0.15, 0.2) is 0 Å². The van der Waals surface area contributed by atoms with E-state index in [0.29, 0.717) is 0 Å². The number of carbonyl (C=O) groups excluding carboxylic acids is 1. The summed E-state index contributed by atoms with van der Waals surface area (Å²) in [6.07, 6.45) is 0. The molecule has 0 bridgehead atoms. The Balaban J connectivity index is 4.11. The van der Waals surface area contributed by atoms with Crippen molar-refractivity contribution in [3.05, 3.63) is 0 Å². The van der Waals surface area contributed by atoms with Gasteiger partial charge in [0.25, 0.3) is 0 Å². The van der Waals surface area contributed by atoms with Crippen molar-refractivity contribution in [2.24, 2.45) is 0 Å². The van der Waals surface area contributed by atoms with E-state index in [0.717, 1.165) is 0 Å². The monoisotopic (exact) mass is 150 g/mol. The zero-order valence-electron chi connectivity index (χ0n) is 8.32. The van der Waals surface area contributed by atoms with E-state index in [2.05, 4.69) is 0 Å². The van der Waals surface area contributed by atoms with Crippen LogP contribution in [0.3, 0.4) is 0 Å². The Morgan fingerprint density at radius 3 is 1.64 bits per heavy atom. The van der Waals surface area contributed by atoms with Crippen LogP contribution in [-0.2, 0) is 9.53 Å². The Kier molecular flexibility index (Phi) is 3.23. The van der Waals surface area contributed by atoms with E-state index in [9.17, 15) is 4.79 Å². The van der Waals surface area contributed by atoms with Gasteiger partial charge in [-0.1, -0.05) is 0 Å². The number of hydrogen-bond donors (Lipinski definition) is 0. The first-order chi connectivity index (χ1) is 4.63. The Morgan fingerprint density at radius 2 is 1.55 bits per heavy atom. The van der Waals surface area contributed by atoms with E-state index in [1.54, 1.807) is 0 Å². The zero-order chi connectivity index (χ0) is 9.28. The molecule has 0 N–H and O–H groups in total. The molecule has 0 unspecified atom stereocenters. The summed E-state index contributed by atoms with van der Waals surface area (Å²) in [6.45, 7) is 9.31. The van der Waals surface area contributed by atoms with E-state index in [1.165, 1.54) is 0 Å². The van der Waals surface area contributed by atoms with Gasteiger partial charge in [0.2, 0.25) is 0 Å². The first-order valence-electron chi connectivity index (χ1n) is 3.86. The van der Waals surface area contributed by atoms with E-state index in [4.69, 9.17) is 4.74 Å². The molecule has 2 nitrogen and oxygen atoms in total. The quantitative estimate of drug-likeness (QED) is 0.420. The van der Waals surface area contributed by atoms with Crippen LogP contribution in [0.4, 0.5) is 0 Å². The van der Waals surface area contributed by atoms with Gasteiger partial charge in [0.1, 0.15) is 0 Å². The molecule has 0 aromatic heterocycles. The molecule has 0 heterocycles. The maximum absolute atomic E-state index is 11.3. The van der Waals surface area contributed by atoms with Crippen molar-refractivity contribution in [1.29, 1.82) is 0 Å². The number of hydrogen-bond acceptors (Lipinski definition) is 2. The SMILES string of the molecule is [Li][C](C)(C)C(=O)OC(C)(C)C. The van der Waals surface area contributed by atoms with Crippen LogP contribution in [-0.4, -0.2) is 29.3 Å². The standard InChI is InChI=1S/C8H15O2.Li/c1-6(2)7(9)10-8(3,4)5;/h1-5H3;. The third-order valence-corrected chi connectivity index (χ3v) is 1.01. The van der Waals surface area contributed by atoms with Crippen LogP contribution in [0.1, 0.15) is 34.6 Å². The topological polar surface area (TPSA) is 26.3 Å². The minimum absolute atomic E-state index is 0.148. The van der Waals surface area contributed by atoms with E-state index < -0.39 is 4.09 Å². The second-order valence-corrected chi connectivity index (χ2v) is 4.75. The van der Waals surface area contributed by atoms with Crippen molar-refractivity contribution in [2.75, 3.05) is 0 Å². The fourth-order valence-electron chi connectivity index (χ4n) is 0.431. The van der Waals surface area contributed by atoms with Crippen molar-refractivity contribution in [2.45, 2.75) is 44.3 Å². The average Bonchev–Trinajstić information content (AvgIpc) is 1.56. The van der Waals surface area contributed by atoms with Gasteiger partial charge in [-0.15, -0.1) is 0 Å². The summed E-state index contributed by atoms with van der Waals surface area (Å²) in [5.41, 5.74) is -0.371. The second-order valence-electron chi connectivity index (χ2n) is 4.75. The predicted molar refractivity (Wildman–Crippen MR) is 45.6 cm³/mol. The molecule has 0 saturated heterocycles. The molecule has 0 radical (unpaired) electrons. The van der Waals surface area contributed by atoms with Crippen LogP contribution < -0.4 is 0 Å². The molecule has 60 valence electrons. The number of esters is 1. The Hall–Kier alpha value is 0.0674. The van der Waals surface area contributed by atoms with Gasteiger partial charge >= 0.3 is 77.5 Å². The number of rotatable bonds is 1. The molecule has 0 atom stereocenters. The molecule has 0 amide bonds. The van der Waals surface area contributed by atoms with Gasteiger partial charge in [0, 0.05) is 0 Å². The molecular formula is C8H15LiO2. The molecule has 0 saturated carbocycles. The molecule has 0 aliphatic rings. The van der Waals surface area contributed by atoms with Crippen molar-refractivity contribution >= 4 is 23.7 Å². The van der Waals surface area contributed by atoms with Crippen LogP contribution in [0.25, 0.3) is 0 Å². The minimum atomic E-state index is -0.396. The van der Waals surface area contributed by atoms with Crippen molar-refractivity contribution in [1.82, 2.24) is 0 Å². The predicted octanol–water partition coefficient (Wildman–Crippen LogP) is 1.70. The fourth-order valence-corrected chi connectivity index (χ4v) is 0.431. The van der Waals surface area contributed by atoms with Crippen LogP contribution in [0.2, 0.25) is 4.09 Å². The van der Waals surface area contributed by atoms with Crippen molar-refractivity contribution in [3.63, 3.8) is 0 Å². The summed E-state index contributed by atoms with van der Waals surface area (Å²) in [5.74, 6) is -0.148. The molecular weight excluding hydrogens is 135 g/mol. The van der Waals surface area contributed by atoms with Crippen LogP contribution in [0, 0.1) is 0 Å². The molecule has 3 heteroatoms. The molecule has 0 rings (SSSR count). The third kappa shape index (κ3) is 5.35. The summed E-state index contributed by atoms with van der Waals surface area (Å²) < 4.78 is 4.77. The maximum atomic E-state index is 11.3. The van der Waals surface area contributed by atoms with E-state index in [1.807, 2.05) is 52.3 Å². The van der Waals surface area contributed by atoms with E-state index in [-0.39, 0.29) is 11.6 Å². The van der Waals surface area contributed by atoms with Gasteiger partial charge in [-0.25, -0.2) is 0 Å². The summed E-state index contributed by atoms with van der Waals surface area (Å²) >= 11 is 1.85. The molecule has 0 aliphatic carbocycles. The Labute approximate surface area is 77.9 Å². The summed E-state index contributed by atoms with van der Waals surface area (Å²) in [5, 5.41) is 0. The van der Waals surface area contributed by atoms with Gasteiger partial charge in [-0.05, 0) is 0 Å². The van der Waals surface area contributed by atoms with Crippen LogP contribution >= 0.6 is 0 Å². The van der Waals surface area contributed by atoms with Gasteiger partial charge < -0.3 is 0 Å². The third-order valence-electron chi connectivity index (χ3n) is 1.01. The zero-order valence-corrected chi connectivity index (χ0v) is 8.32. The first kappa shape index (κ1) is 11.1. The normalized spacial score (nSPS) is 13.0. The molecule has 0 aliphatic heterocycles. The first-order valence-corrected chi connectivity index (χ1v) is 3.86. The Bertz CT molecular complexity index is 150. The van der Waals surface area contributed by atoms with Gasteiger partial charge in [0.05, 0.1) is 0 Å². The second kappa shape index (κ2) is 3.21. The molecule has 0 fully saturated rings. The van der Waals surface area contributed by atoms with E-state index >= 15 is 0 Å². The number of ether oxygens (including phenoxy) is 1. The summed E-state index contributed by atoms with van der Waals surface area (Å²) in [7, 11) is 0. The molecule has 11 heavy (non-hydrogen) atoms.